The van der Waals surface area contributed by atoms with Crippen LogP contribution in [-0.4, -0.2) is 10.2 Å². The molecule has 3 aromatic carbocycles. The lowest BCUT2D eigenvalue weighted by Gasteiger charge is -2.29. The Bertz CT molecular complexity index is 987. The van der Waals surface area contributed by atoms with Crippen molar-refractivity contribution in [2.24, 2.45) is 0 Å². The van der Waals surface area contributed by atoms with Gasteiger partial charge in [-0.3, -0.25) is 0 Å². The van der Waals surface area contributed by atoms with Gasteiger partial charge in [0, 0.05) is 16.5 Å². The predicted molar refractivity (Wildman–Crippen MR) is 100 cm³/mol. The van der Waals surface area contributed by atoms with E-state index in [0.29, 0.717) is 11.5 Å². The van der Waals surface area contributed by atoms with E-state index in [1.807, 2.05) is 18.2 Å². The summed E-state index contributed by atoms with van der Waals surface area (Å²) in [5.74, 6) is 2.17. The topological polar surface area (TPSA) is 49.7 Å². The quantitative estimate of drug-likeness (QED) is 0.682. The van der Waals surface area contributed by atoms with Crippen LogP contribution in [0.2, 0.25) is 0 Å². The second-order valence-electron chi connectivity index (χ2n) is 7.28. The minimum Gasteiger partial charge on any atom is -0.508 e. The molecule has 0 bridgehead atoms. The van der Waals surface area contributed by atoms with Crippen LogP contribution < -0.4 is 4.74 Å². The third kappa shape index (κ3) is 2.13. The molecule has 2 aliphatic carbocycles. The molecule has 0 aliphatic heterocycles. The molecule has 1 atom stereocenters. The van der Waals surface area contributed by atoms with E-state index < -0.39 is 0 Å². The van der Waals surface area contributed by atoms with Crippen molar-refractivity contribution < 1.29 is 14.9 Å². The van der Waals surface area contributed by atoms with Crippen LogP contribution in [0.5, 0.6) is 23.0 Å². The smallest absolute Gasteiger partial charge is 0.131 e. The molecule has 3 heteroatoms. The molecule has 0 radical (unpaired) electrons. The molecule has 0 aromatic heterocycles. The van der Waals surface area contributed by atoms with Crippen LogP contribution in [-0.2, 0) is 18.3 Å². The Hall–Kier alpha value is -2.94. The van der Waals surface area contributed by atoms with E-state index in [9.17, 15) is 10.2 Å². The molecule has 0 saturated heterocycles. The molecule has 5 rings (SSSR count). The number of hydrogen-bond acceptors (Lipinski definition) is 3. The number of fused-ring (bicyclic) bond motifs is 4. The second kappa shape index (κ2) is 5.53. The molecule has 3 aromatic rings. The number of ether oxygens (including phenoxy) is 1. The first kappa shape index (κ1) is 15.3. The first-order chi connectivity index (χ1) is 12.7. The number of rotatable bonds is 2. The van der Waals surface area contributed by atoms with Crippen LogP contribution in [0.15, 0.2) is 60.7 Å². The van der Waals surface area contributed by atoms with Crippen LogP contribution in [0.3, 0.4) is 0 Å². The van der Waals surface area contributed by atoms with Gasteiger partial charge < -0.3 is 14.9 Å². The van der Waals surface area contributed by atoms with Gasteiger partial charge in [0.15, 0.2) is 0 Å². The van der Waals surface area contributed by atoms with Crippen LogP contribution in [0.1, 0.15) is 35.1 Å². The monoisotopic (exact) mass is 344 g/mol. The predicted octanol–water partition coefficient (Wildman–Crippen LogP) is 5.07. The fourth-order valence-electron chi connectivity index (χ4n) is 4.85. The highest BCUT2D eigenvalue weighted by Gasteiger charge is 2.48. The fourth-order valence-corrected chi connectivity index (χ4v) is 4.85. The Balaban J connectivity index is 1.66. The number of aromatic hydroxyl groups is 2. The highest BCUT2D eigenvalue weighted by Crippen LogP contribution is 2.57. The summed E-state index contributed by atoms with van der Waals surface area (Å²) in [5.41, 5.74) is 4.69. The average Bonchev–Trinajstić information content (AvgIpc) is 3.21. The molecule has 130 valence electrons. The van der Waals surface area contributed by atoms with Crippen LogP contribution in [0.25, 0.3) is 0 Å². The summed E-state index contributed by atoms with van der Waals surface area (Å²) in [4.78, 5) is 0. The van der Waals surface area contributed by atoms with Gasteiger partial charge in [0.25, 0.3) is 0 Å². The normalized spacial score (nSPS) is 20.2. The molecule has 0 heterocycles. The lowest BCUT2D eigenvalue weighted by Crippen LogP contribution is -2.22. The van der Waals surface area contributed by atoms with Crippen molar-refractivity contribution in [3.63, 3.8) is 0 Å². The molecule has 3 nitrogen and oxygen atoms in total. The van der Waals surface area contributed by atoms with Gasteiger partial charge in [0.2, 0.25) is 0 Å². The summed E-state index contributed by atoms with van der Waals surface area (Å²) in [6, 6.07) is 18.9. The maximum Gasteiger partial charge on any atom is 0.131 e. The number of hydrogen-bond donors (Lipinski definition) is 2. The lowest BCUT2D eigenvalue weighted by atomic mass is 9.76. The van der Waals surface area contributed by atoms with Crippen LogP contribution in [0.4, 0.5) is 0 Å². The van der Waals surface area contributed by atoms with Gasteiger partial charge in [-0.25, -0.2) is 0 Å². The number of aryl methyl sites for hydroxylation is 2. The van der Waals surface area contributed by atoms with Gasteiger partial charge >= 0.3 is 0 Å². The largest absolute Gasteiger partial charge is 0.508 e. The highest BCUT2D eigenvalue weighted by atomic mass is 16.5. The molecule has 1 spiro atoms. The fraction of sp³-hybridized carbons (Fsp3) is 0.217. The molecule has 0 saturated carbocycles. The van der Waals surface area contributed by atoms with Crippen molar-refractivity contribution in [3.05, 3.63) is 82.9 Å². The van der Waals surface area contributed by atoms with Gasteiger partial charge in [-0.05, 0) is 73.2 Å². The molecule has 1 unspecified atom stereocenters. The summed E-state index contributed by atoms with van der Waals surface area (Å²) in [6.07, 6.45) is 3.98. The zero-order valence-corrected chi connectivity index (χ0v) is 14.4. The van der Waals surface area contributed by atoms with Crippen LogP contribution >= 0.6 is 0 Å². The van der Waals surface area contributed by atoms with Gasteiger partial charge in [0.1, 0.15) is 23.0 Å². The van der Waals surface area contributed by atoms with Crippen molar-refractivity contribution >= 4 is 0 Å². The summed E-state index contributed by atoms with van der Waals surface area (Å²) in [7, 11) is 0. The third-order valence-corrected chi connectivity index (χ3v) is 5.91. The maximum atomic E-state index is 10.6. The maximum absolute atomic E-state index is 10.6. The van der Waals surface area contributed by atoms with E-state index in [0.717, 1.165) is 37.0 Å². The van der Waals surface area contributed by atoms with Gasteiger partial charge in [0.05, 0.1) is 0 Å². The Labute approximate surface area is 152 Å². The Morgan fingerprint density at radius 1 is 0.731 bits per heavy atom. The Morgan fingerprint density at radius 3 is 2.12 bits per heavy atom. The third-order valence-electron chi connectivity index (χ3n) is 5.91. The van der Waals surface area contributed by atoms with Crippen molar-refractivity contribution in [2.75, 3.05) is 0 Å². The number of phenols is 2. The molecular formula is C23H20O3. The van der Waals surface area contributed by atoms with Crippen molar-refractivity contribution in [2.45, 2.75) is 31.1 Å². The van der Waals surface area contributed by atoms with E-state index in [1.54, 1.807) is 30.3 Å². The molecule has 2 aliphatic rings. The summed E-state index contributed by atoms with van der Waals surface area (Å²) >= 11 is 0. The number of phenolic OH excluding ortho intramolecular Hbond substituents is 2. The van der Waals surface area contributed by atoms with Gasteiger partial charge in [-0.15, -0.1) is 0 Å². The summed E-state index contributed by atoms with van der Waals surface area (Å²) in [5, 5.41) is 20.1. The summed E-state index contributed by atoms with van der Waals surface area (Å²) < 4.78 is 6.23. The zero-order chi connectivity index (χ0) is 17.7. The molecular weight excluding hydrogens is 324 g/mol. The molecule has 26 heavy (non-hydrogen) atoms. The molecule has 2 N–H and O–H groups in total. The first-order valence-electron chi connectivity index (χ1n) is 9.08. The van der Waals surface area contributed by atoms with Crippen molar-refractivity contribution in [1.82, 2.24) is 0 Å². The van der Waals surface area contributed by atoms with E-state index in [1.165, 1.54) is 16.7 Å². The van der Waals surface area contributed by atoms with Crippen molar-refractivity contribution in [1.29, 1.82) is 0 Å². The zero-order valence-electron chi connectivity index (χ0n) is 14.4. The van der Waals surface area contributed by atoms with E-state index in [4.69, 9.17) is 4.74 Å². The SMILES string of the molecule is Oc1ccc(Oc2cccc3c2C2(CCc4cccc(O)c42)CC3)cc1. The molecule has 0 fully saturated rings. The standard InChI is InChI=1S/C23H20O3/c24-17-7-9-18(10-8-17)26-20-6-2-4-16-12-14-23(22(16)20)13-11-15-3-1-5-19(25)21(15)23/h1-10,24-25H,11-14H2. The van der Waals surface area contributed by atoms with Gasteiger partial charge in [-0.2, -0.15) is 0 Å². The van der Waals surface area contributed by atoms with E-state index in [2.05, 4.69) is 12.1 Å². The van der Waals surface area contributed by atoms with Crippen molar-refractivity contribution in [3.8, 4) is 23.0 Å². The van der Waals surface area contributed by atoms with Crippen LogP contribution in [0, 0.1) is 0 Å². The van der Waals surface area contributed by atoms with E-state index >= 15 is 0 Å². The minimum absolute atomic E-state index is 0.163. The lowest BCUT2D eigenvalue weighted by molar-refractivity contribution is 0.419. The Morgan fingerprint density at radius 2 is 1.38 bits per heavy atom. The second-order valence-corrected chi connectivity index (χ2v) is 7.28. The summed E-state index contributed by atoms with van der Waals surface area (Å²) in [6.45, 7) is 0. The highest BCUT2D eigenvalue weighted by molar-refractivity contribution is 5.62. The minimum atomic E-state index is -0.163. The van der Waals surface area contributed by atoms with Gasteiger partial charge in [-0.1, -0.05) is 24.3 Å². The van der Waals surface area contributed by atoms with E-state index in [-0.39, 0.29) is 11.2 Å². The molecule has 0 amide bonds. The average molecular weight is 344 g/mol. The number of benzene rings is 3. The Kier molecular flexibility index (Phi) is 3.26. The first-order valence-corrected chi connectivity index (χ1v) is 9.08.